The lowest BCUT2D eigenvalue weighted by Gasteiger charge is -2.35. The maximum absolute atomic E-state index is 12.2. The van der Waals surface area contributed by atoms with E-state index in [2.05, 4.69) is 4.98 Å². The number of aliphatic carboxylic acids is 1. The maximum Gasteiger partial charge on any atom is 0.411 e. The van der Waals surface area contributed by atoms with E-state index in [-0.39, 0.29) is 18.7 Å². The summed E-state index contributed by atoms with van der Waals surface area (Å²) in [6.45, 7) is 5.09. The molecule has 1 aliphatic heterocycles. The Kier molecular flexibility index (Phi) is 4.26. The van der Waals surface area contributed by atoms with Gasteiger partial charge in [-0.15, -0.1) is 0 Å². The number of fused-ring (bicyclic) bond motifs is 1. The number of nitrogens with zero attached hydrogens (tertiary/aromatic N) is 2. The minimum Gasteiger partial charge on any atom is -0.480 e. The van der Waals surface area contributed by atoms with E-state index in [0.717, 1.165) is 4.90 Å². The Labute approximate surface area is 132 Å². The molecule has 1 atom stereocenters. The van der Waals surface area contributed by atoms with Crippen molar-refractivity contribution in [1.82, 2.24) is 9.88 Å². The summed E-state index contributed by atoms with van der Waals surface area (Å²) in [5, 5.41) is 18.3. The minimum absolute atomic E-state index is 0.00805. The first-order chi connectivity index (χ1) is 10.6. The number of ether oxygens (including phenoxy) is 1. The number of rotatable bonds is 2. The van der Waals surface area contributed by atoms with Crippen molar-refractivity contribution in [3.05, 3.63) is 29.1 Å². The smallest absolute Gasteiger partial charge is 0.411 e. The second-order valence-electron chi connectivity index (χ2n) is 6.27. The lowest BCUT2D eigenvalue weighted by Crippen LogP contribution is -2.50. The van der Waals surface area contributed by atoms with Gasteiger partial charge in [0.25, 0.3) is 0 Å². The molecule has 0 bridgehead atoms. The molecule has 0 saturated carbocycles. The van der Waals surface area contributed by atoms with Crippen molar-refractivity contribution in [1.29, 1.82) is 0 Å². The lowest BCUT2D eigenvalue weighted by atomic mass is 9.98. The number of hydrogen-bond acceptors (Lipinski definition) is 5. The van der Waals surface area contributed by atoms with E-state index in [1.54, 1.807) is 26.8 Å². The van der Waals surface area contributed by atoms with Gasteiger partial charge in [-0.1, -0.05) is 6.07 Å². The molecular weight excluding hydrogens is 304 g/mol. The number of carboxylic acids is 2. The number of amides is 1. The first-order valence-corrected chi connectivity index (χ1v) is 7.03. The monoisotopic (exact) mass is 322 g/mol. The molecule has 1 aromatic rings. The third-order valence-electron chi connectivity index (χ3n) is 3.30. The van der Waals surface area contributed by atoms with Gasteiger partial charge >= 0.3 is 18.0 Å². The number of hydrogen-bond donors (Lipinski definition) is 2. The highest BCUT2D eigenvalue weighted by molar-refractivity contribution is 5.85. The van der Waals surface area contributed by atoms with Crippen LogP contribution in [0.5, 0.6) is 0 Å². The Bertz CT molecular complexity index is 664. The average Bonchev–Trinajstić information content (AvgIpc) is 2.43. The molecule has 0 aliphatic carbocycles. The van der Waals surface area contributed by atoms with Crippen molar-refractivity contribution in [3.8, 4) is 0 Å². The molecular formula is C15H18N2O6. The molecule has 1 aliphatic rings. The van der Waals surface area contributed by atoms with E-state index in [1.165, 1.54) is 6.07 Å². The number of carboxylic acid groups (broad SMARTS) is 2. The zero-order chi connectivity index (χ0) is 17.4. The van der Waals surface area contributed by atoms with Gasteiger partial charge in [0.1, 0.15) is 17.3 Å². The Hall–Kier alpha value is -2.64. The van der Waals surface area contributed by atoms with E-state index in [9.17, 15) is 19.5 Å². The number of aromatic nitrogens is 1. The SMILES string of the molecule is CC(C)(C)OC(=O)N1Cc2ccc(C(=O)O)nc2CC1C(=O)O. The summed E-state index contributed by atoms with van der Waals surface area (Å²) in [6.07, 6.45) is -0.789. The fraction of sp³-hybridized carbons (Fsp3) is 0.467. The van der Waals surface area contributed by atoms with Crippen LogP contribution in [0.15, 0.2) is 12.1 Å². The number of aromatic carboxylic acids is 1. The third kappa shape index (κ3) is 3.77. The summed E-state index contributed by atoms with van der Waals surface area (Å²) in [4.78, 5) is 39.8. The molecule has 1 amide bonds. The van der Waals surface area contributed by atoms with Gasteiger partial charge in [-0.2, -0.15) is 0 Å². The van der Waals surface area contributed by atoms with Crippen LogP contribution >= 0.6 is 0 Å². The lowest BCUT2D eigenvalue weighted by molar-refractivity contribution is -0.143. The van der Waals surface area contributed by atoms with Gasteiger partial charge in [-0.3, -0.25) is 4.90 Å². The predicted octanol–water partition coefficient (Wildman–Crippen LogP) is 1.53. The van der Waals surface area contributed by atoms with Gasteiger partial charge in [0, 0.05) is 12.1 Å². The fourth-order valence-electron chi connectivity index (χ4n) is 2.29. The first kappa shape index (κ1) is 16.7. The van der Waals surface area contributed by atoms with Crippen LogP contribution in [0, 0.1) is 0 Å². The second kappa shape index (κ2) is 5.86. The quantitative estimate of drug-likeness (QED) is 0.847. The molecule has 8 heteroatoms. The Morgan fingerprint density at radius 1 is 1.26 bits per heavy atom. The largest absolute Gasteiger partial charge is 0.480 e. The second-order valence-corrected chi connectivity index (χ2v) is 6.27. The fourth-order valence-corrected chi connectivity index (χ4v) is 2.29. The average molecular weight is 322 g/mol. The molecule has 0 fully saturated rings. The van der Waals surface area contributed by atoms with Crippen LogP contribution in [0.2, 0.25) is 0 Å². The zero-order valence-corrected chi connectivity index (χ0v) is 13.1. The molecule has 124 valence electrons. The zero-order valence-electron chi connectivity index (χ0n) is 13.1. The Morgan fingerprint density at radius 3 is 2.43 bits per heavy atom. The van der Waals surface area contributed by atoms with Crippen LogP contribution < -0.4 is 0 Å². The Morgan fingerprint density at radius 2 is 1.91 bits per heavy atom. The highest BCUT2D eigenvalue weighted by Gasteiger charge is 2.37. The molecule has 0 spiro atoms. The molecule has 23 heavy (non-hydrogen) atoms. The highest BCUT2D eigenvalue weighted by atomic mass is 16.6. The van der Waals surface area contributed by atoms with Crippen molar-refractivity contribution in [2.75, 3.05) is 0 Å². The molecule has 2 heterocycles. The van der Waals surface area contributed by atoms with E-state index >= 15 is 0 Å². The third-order valence-corrected chi connectivity index (χ3v) is 3.30. The predicted molar refractivity (Wildman–Crippen MR) is 78.1 cm³/mol. The van der Waals surface area contributed by atoms with Gasteiger partial charge in [-0.25, -0.2) is 19.4 Å². The molecule has 8 nitrogen and oxygen atoms in total. The van der Waals surface area contributed by atoms with E-state index in [4.69, 9.17) is 9.84 Å². The molecule has 0 radical (unpaired) electrons. The van der Waals surface area contributed by atoms with Gasteiger partial charge in [-0.05, 0) is 32.4 Å². The molecule has 2 N–H and O–H groups in total. The van der Waals surface area contributed by atoms with Crippen LogP contribution in [-0.4, -0.2) is 49.8 Å². The first-order valence-electron chi connectivity index (χ1n) is 7.03. The molecule has 0 aromatic carbocycles. The van der Waals surface area contributed by atoms with Crippen molar-refractivity contribution in [2.24, 2.45) is 0 Å². The van der Waals surface area contributed by atoms with Gasteiger partial charge in [0.15, 0.2) is 0 Å². The van der Waals surface area contributed by atoms with E-state index < -0.39 is 29.7 Å². The van der Waals surface area contributed by atoms with Crippen LogP contribution in [0.1, 0.15) is 42.5 Å². The summed E-state index contributed by atoms with van der Waals surface area (Å²) in [5.41, 5.74) is 0.0836. The van der Waals surface area contributed by atoms with Crippen molar-refractivity contribution in [2.45, 2.75) is 45.4 Å². The molecule has 1 unspecified atom stereocenters. The highest BCUT2D eigenvalue weighted by Crippen LogP contribution is 2.24. The summed E-state index contributed by atoms with van der Waals surface area (Å²) < 4.78 is 5.24. The van der Waals surface area contributed by atoms with Gasteiger partial charge < -0.3 is 14.9 Å². The van der Waals surface area contributed by atoms with Crippen LogP contribution in [0.4, 0.5) is 4.79 Å². The van der Waals surface area contributed by atoms with Gasteiger partial charge in [0.2, 0.25) is 0 Å². The number of pyridine rings is 1. The molecule has 1 aromatic heterocycles. The topological polar surface area (TPSA) is 117 Å². The Balaban J connectivity index is 2.33. The standard InChI is InChI=1S/C15H18N2O6/c1-15(2,3)23-14(22)17-7-8-4-5-9(12(18)19)16-10(8)6-11(17)13(20)21/h4-5,11H,6-7H2,1-3H3,(H,18,19)(H,20,21). The normalized spacial score (nSPS) is 17.3. The summed E-state index contributed by atoms with van der Waals surface area (Å²) in [5.74, 6) is -2.38. The van der Waals surface area contributed by atoms with Crippen molar-refractivity contribution < 1.29 is 29.3 Å². The van der Waals surface area contributed by atoms with Crippen molar-refractivity contribution >= 4 is 18.0 Å². The van der Waals surface area contributed by atoms with Crippen LogP contribution in [0.3, 0.4) is 0 Å². The molecule has 0 saturated heterocycles. The summed E-state index contributed by atoms with van der Waals surface area (Å²) in [6, 6.07) is 1.73. The molecule has 2 rings (SSSR count). The van der Waals surface area contributed by atoms with Crippen molar-refractivity contribution in [3.63, 3.8) is 0 Å². The number of carbonyl (C=O) groups excluding carboxylic acids is 1. The van der Waals surface area contributed by atoms with E-state index in [1.807, 2.05) is 0 Å². The van der Waals surface area contributed by atoms with Crippen LogP contribution in [0.25, 0.3) is 0 Å². The van der Waals surface area contributed by atoms with Gasteiger partial charge in [0.05, 0.1) is 6.54 Å². The van der Waals surface area contributed by atoms with E-state index in [0.29, 0.717) is 11.3 Å². The van der Waals surface area contributed by atoms with Crippen LogP contribution in [-0.2, 0) is 22.5 Å². The number of carbonyl (C=O) groups is 3. The minimum atomic E-state index is -1.19. The summed E-state index contributed by atoms with van der Waals surface area (Å²) in [7, 11) is 0. The maximum atomic E-state index is 12.2. The summed E-state index contributed by atoms with van der Waals surface area (Å²) >= 11 is 0.